The summed E-state index contributed by atoms with van der Waals surface area (Å²) < 4.78 is 41.9. The van der Waals surface area contributed by atoms with E-state index < -0.39 is 10.2 Å². The fraction of sp³-hybridized carbons (Fsp3) is 0.826. The number of carbonyl (C=O) groups excluding carboxylic acids is 1. The Morgan fingerprint density at radius 2 is 1.57 bits per heavy atom. The van der Waals surface area contributed by atoms with Gasteiger partial charge in [-0.2, -0.15) is 17.0 Å². The number of hydrogen-bond donors (Lipinski definition) is 3. The summed E-state index contributed by atoms with van der Waals surface area (Å²) in [6, 6.07) is 1.73. The second kappa shape index (κ2) is 9.38. The normalized spacial score (nSPS) is 35.8. The van der Waals surface area contributed by atoms with Crippen LogP contribution in [0.3, 0.4) is 0 Å². The second-order valence-corrected chi connectivity index (χ2v) is 12.5. The molecule has 6 atom stereocenters. The van der Waals surface area contributed by atoms with Crippen LogP contribution in [-0.4, -0.2) is 95.8 Å². The lowest BCUT2D eigenvalue weighted by molar-refractivity contribution is -0.00228. The first-order valence-corrected chi connectivity index (χ1v) is 14.3. The monoisotopic (exact) mass is 509 g/mol. The van der Waals surface area contributed by atoms with E-state index in [0.717, 1.165) is 38.5 Å². The zero-order valence-electron chi connectivity index (χ0n) is 19.8. The molecule has 12 heteroatoms. The van der Waals surface area contributed by atoms with E-state index in [1.165, 1.54) is 0 Å². The Kier molecular flexibility index (Phi) is 6.38. The molecule has 0 spiro atoms. The topological polar surface area (TPSA) is 137 Å². The smallest absolute Gasteiger partial charge is 0.283 e. The van der Waals surface area contributed by atoms with Crippen molar-refractivity contribution >= 4 is 16.1 Å². The molecule has 0 saturated carbocycles. The van der Waals surface area contributed by atoms with Gasteiger partial charge in [-0.1, -0.05) is 5.16 Å². The highest BCUT2D eigenvalue weighted by atomic mass is 32.2. The standard InChI is InChI=1S/C23H35N5O6S/c29-6-5-24-15-7-17-1-2-18(8-15)27(17)35(31,32)28-19-3-4-20(28)10-16(9-19)25-23(30)21-11-22(34-26-21)14-12-33-13-14/h11,14-20,24,29H,1-10,12-13H2,(H,25,30)/t15?,16?,17-,18+,19-,20+. The molecule has 0 aliphatic carbocycles. The van der Waals surface area contributed by atoms with Gasteiger partial charge >= 0.3 is 0 Å². The average molecular weight is 510 g/mol. The molecule has 0 aromatic carbocycles. The van der Waals surface area contributed by atoms with Crippen LogP contribution in [0.1, 0.15) is 73.5 Å². The Balaban J connectivity index is 1.10. The third-order valence-electron chi connectivity index (χ3n) is 8.55. The molecule has 35 heavy (non-hydrogen) atoms. The molecular weight excluding hydrogens is 474 g/mol. The lowest BCUT2D eigenvalue weighted by Gasteiger charge is -2.45. The molecule has 1 aromatic rings. The van der Waals surface area contributed by atoms with Gasteiger partial charge in [0.05, 0.1) is 25.7 Å². The molecule has 6 rings (SSSR count). The van der Waals surface area contributed by atoms with Gasteiger partial charge < -0.3 is 25.0 Å². The third kappa shape index (κ3) is 4.31. The highest BCUT2D eigenvalue weighted by Gasteiger charge is 2.54. The minimum Gasteiger partial charge on any atom is -0.395 e. The van der Waals surface area contributed by atoms with Gasteiger partial charge in [-0.05, 0) is 51.4 Å². The number of rotatable bonds is 8. The van der Waals surface area contributed by atoms with Crippen LogP contribution in [0.2, 0.25) is 0 Å². The van der Waals surface area contributed by atoms with Crippen LogP contribution in [0.5, 0.6) is 0 Å². The lowest BCUT2D eigenvalue weighted by Crippen LogP contribution is -2.60. The first kappa shape index (κ1) is 23.8. The van der Waals surface area contributed by atoms with Crippen molar-refractivity contribution in [2.45, 2.75) is 93.5 Å². The molecule has 5 fully saturated rings. The summed E-state index contributed by atoms with van der Waals surface area (Å²) in [5.74, 6) is 0.572. The summed E-state index contributed by atoms with van der Waals surface area (Å²) in [5, 5.41) is 19.5. The molecule has 0 radical (unpaired) electrons. The van der Waals surface area contributed by atoms with Gasteiger partial charge in [-0.25, -0.2) is 0 Å². The van der Waals surface area contributed by atoms with Crippen molar-refractivity contribution in [2.75, 3.05) is 26.4 Å². The molecule has 3 N–H and O–H groups in total. The van der Waals surface area contributed by atoms with E-state index in [2.05, 4.69) is 15.8 Å². The van der Waals surface area contributed by atoms with E-state index in [9.17, 15) is 13.2 Å². The Hall–Kier alpha value is -1.57. The van der Waals surface area contributed by atoms with Crippen molar-refractivity contribution < 1.29 is 27.6 Å². The molecule has 1 aromatic heterocycles. The number of aliphatic hydroxyl groups excluding tert-OH is 1. The number of aromatic nitrogens is 1. The first-order chi connectivity index (χ1) is 16.9. The molecular formula is C23H35N5O6S. The summed E-state index contributed by atoms with van der Waals surface area (Å²) in [7, 11) is -3.57. The Bertz CT molecular complexity index is 1020. The summed E-state index contributed by atoms with van der Waals surface area (Å²) in [6.07, 6.45) is 6.28. The Morgan fingerprint density at radius 3 is 2.09 bits per heavy atom. The van der Waals surface area contributed by atoms with E-state index in [1.807, 2.05) is 0 Å². The maximum Gasteiger partial charge on any atom is 0.283 e. The molecule has 5 aliphatic rings. The van der Waals surface area contributed by atoms with Crippen LogP contribution in [0.15, 0.2) is 10.6 Å². The minimum atomic E-state index is -3.57. The van der Waals surface area contributed by atoms with Gasteiger partial charge in [0, 0.05) is 48.9 Å². The minimum absolute atomic E-state index is 0.0224. The summed E-state index contributed by atoms with van der Waals surface area (Å²) in [6.45, 7) is 1.82. The number of amides is 1. The number of nitrogens with one attached hydrogen (secondary N) is 2. The van der Waals surface area contributed by atoms with Crippen molar-refractivity contribution in [3.8, 4) is 0 Å². The van der Waals surface area contributed by atoms with Crippen molar-refractivity contribution in [1.82, 2.24) is 24.4 Å². The SMILES string of the molecule is O=C(NC1C[C@H]2CC[C@@H](C1)N2S(=O)(=O)N1[C@@H]2CC[C@H]1CC(NCCO)C2)c1cc(C2COC2)on1. The summed E-state index contributed by atoms with van der Waals surface area (Å²) in [4.78, 5) is 12.8. The van der Waals surface area contributed by atoms with Crippen LogP contribution >= 0.6 is 0 Å². The third-order valence-corrected chi connectivity index (χ3v) is 10.8. The number of hydrogen-bond acceptors (Lipinski definition) is 8. The van der Waals surface area contributed by atoms with Crippen LogP contribution < -0.4 is 10.6 Å². The first-order valence-electron chi connectivity index (χ1n) is 13.0. The Labute approximate surface area is 205 Å². The van der Waals surface area contributed by atoms with Crippen LogP contribution in [0.25, 0.3) is 0 Å². The van der Waals surface area contributed by atoms with Gasteiger partial charge in [-0.15, -0.1) is 0 Å². The van der Waals surface area contributed by atoms with Crippen molar-refractivity contribution in [3.63, 3.8) is 0 Å². The zero-order chi connectivity index (χ0) is 24.2. The maximum atomic E-state index is 13.9. The number of nitrogens with zero attached hydrogens (tertiary/aromatic N) is 3. The number of piperidine rings is 2. The molecule has 5 saturated heterocycles. The fourth-order valence-electron chi connectivity index (χ4n) is 6.93. The Morgan fingerprint density at radius 1 is 1.00 bits per heavy atom. The van der Waals surface area contributed by atoms with Gasteiger partial charge in [-0.3, -0.25) is 4.79 Å². The second-order valence-electron chi connectivity index (χ2n) is 10.8. The molecule has 11 nitrogen and oxygen atoms in total. The van der Waals surface area contributed by atoms with Gasteiger partial charge in [0.1, 0.15) is 5.76 Å². The number of aliphatic hydroxyl groups is 1. The van der Waals surface area contributed by atoms with E-state index in [4.69, 9.17) is 14.4 Å². The van der Waals surface area contributed by atoms with E-state index in [-0.39, 0.29) is 60.4 Å². The predicted octanol–water partition coefficient (Wildman–Crippen LogP) is 0.336. The molecule has 194 valence electrons. The summed E-state index contributed by atoms with van der Waals surface area (Å²) in [5.41, 5.74) is 0.267. The molecule has 6 heterocycles. The van der Waals surface area contributed by atoms with Crippen molar-refractivity contribution in [3.05, 3.63) is 17.5 Å². The zero-order valence-corrected chi connectivity index (χ0v) is 20.7. The quantitative estimate of drug-likeness (QED) is 0.456. The predicted molar refractivity (Wildman–Crippen MR) is 125 cm³/mol. The molecule has 4 bridgehead atoms. The highest BCUT2D eigenvalue weighted by Crippen LogP contribution is 2.44. The number of fused-ring (bicyclic) bond motifs is 4. The average Bonchev–Trinajstić information content (AvgIpc) is 3.46. The molecule has 5 aliphatic heterocycles. The van der Waals surface area contributed by atoms with Crippen molar-refractivity contribution in [2.24, 2.45) is 0 Å². The van der Waals surface area contributed by atoms with Crippen LogP contribution in [0.4, 0.5) is 0 Å². The van der Waals surface area contributed by atoms with Gasteiger partial charge in [0.25, 0.3) is 16.1 Å². The van der Waals surface area contributed by atoms with Gasteiger partial charge in [0.15, 0.2) is 5.69 Å². The van der Waals surface area contributed by atoms with E-state index in [0.29, 0.717) is 38.4 Å². The lowest BCUT2D eigenvalue weighted by atomic mass is 9.99. The number of carbonyl (C=O) groups is 1. The summed E-state index contributed by atoms with van der Waals surface area (Å²) >= 11 is 0. The number of ether oxygens (including phenoxy) is 1. The largest absolute Gasteiger partial charge is 0.395 e. The van der Waals surface area contributed by atoms with E-state index >= 15 is 0 Å². The van der Waals surface area contributed by atoms with Gasteiger partial charge in [0.2, 0.25) is 0 Å². The van der Waals surface area contributed by atoms with E-state index in [1.54, 1.807) is 14.7 Å². The molecule has 1 amide bonds. The highest BCUT2D eigenvalue weighted by molar-refractivity contribution is 7.86. The van der Waals surface area contributed by atoms with Crippen LogP contribution in [0, 0.1) is 0 Å². The van der Waals surface area contributed by atoms with Crippen LogP contribution in [-0.2, 0) is 14.9 Å². The molecule has 2 unspecified atom stereocenters. The fourth-order valence-corrected chi connectivity index (χ4v) is 9.42. The maximum absolute atomic E-state index is 13.9. The van der Waals surface area contributed by atoms with Crippen molar-refractivity contribution in [1.29, 1.82) is 0 Å².